The maximum Gasteiger partial charge on any atom is 0.505 e. The van der Waals surface area contributed by atoms with Crippen LogP contribution in [-0.2, 0) is 15.9 Å². The first-order chi connectivity index (χ1) is 19.1. The number of aromatic nitrogens is 2. The van der Waals surface area contributed by atoms with Crippen molar-refractivity contribution in [3.63, 3.8) is 0 Å². The maximum atomic E-state index is 14.4. The number of ether oxygens (including phenoxy) is 3. The Bertz CT molecular complexity index is 1440. The molecule has 1 saturated heterocycles. The first-order valence-electron chi connectivity index (χ1n) is 12.6. The van der Waals surface area contributed by atoms with Gasteiger partial charge >= 0.3 is 6.30 Å². The normalized spacial score (nSPS) is 17.5. The van der Waals surface area contributed by atoms with E-state index in [1.165, 1.54) is 25.2 Å². The topological polar surface area (TPSA) is 94.9 Å². The molecule has 2 heterocycles. The number of methoxy groups -OCH3 is 2. The van der Waals surface area contributed by atoms with Crippen molar-refractivity contribution in [1.82, 2.24) is 9.78 Å². The lowest BCUT2D eigenvalue weighted by Gasteiger charge is -2.22. The van der Waals surface area contributed by atoms with Gasteiger partial charge in [0.05, 0.1) is 31.5 Å². The van der Waals surface area contributed by atoms with Crippen LogP contribution in [0.2, 0.25) is 0 Å². The second-order valence-corrected chi connectivity index (χ2v) is 10.6. The van der Waals surface area contributed by atoms with E-state index in [0.29, 0.717) is 17.2 Å². The number of alkyl halides is 3. The van der Waals surface area contributed by atoms with Crippen molar-refractivity contribution >= 4 is 23.3 Å². The molecule has 3 aromatic rings. The Morgan fingerprint density at radius 3 is 2.17 bits per heavy atom. The Balaban J connectivity index is 1.62. The molecule has 220 valence electrons. The summed E-state index contributed by atoms with van der Waals surface area (Å²) in [6.07, 6.45) is -4.98. The van der Waals surface area contributed by atoms with Gasteiger partial charge in [-0.3, -0.25) is 9.59 Å². The lowest BCUT2D eigenvalue weighted by atomic mass is 9.97. The average Bonchev–Trinajstić information content (AvgIpc) is 3.43. The highest BCUT2D eigenvalue weighted by Gasteiger charge is 2.43. The van der Waals surface area contributed by atoms with Crippen LogP contribution < -0.4 is 24.4 Å². The van der Waals surface area contributed by atoms with Crippen LogP contribution in [0.1, 0.15) is 27.7 Å². The second-order valence-electron chi connectivity index (χ2n) is 10.6. The summed E-state index contributed by atoms with van der Waals surface area (Å²) in [6, 6.07) is 9.09. The van der Waals surface area contributed by atoms with Gasteiger partial charge in [0, 0.05) is 48.4 Å². The lowest BCUT2D eigenvalue weighted by Crippen LogP contribution is -2.29. The van der Waals surface area contributed by atoms with Crippen molar-refractivity contribution < 1.29 is 41.4 Å². The number of halogens is 4. The molecular formula is C28H30F4N4O5. The number of hydrogen-bond acceptors (Lipinski definition) is 6. The molecule has 0 spiro atoms. The third kappa shape index (κ3) is 6.55. The van der Waals surface area contributed by atoms with E-state index in [0.717, 1.165) is 18.2 Å². The SMILES string of the molecule is COc1cc(OC)cc(N2C[C@H](C(=O)Nc3cc(-c4cc(F)cc(OC(C)(C)C)c4)n(C(F)(F)F)n3)[C@@H](C)C2=O)c1. The third-order valence-electron chi connectivity index (χ3n) is 6.41. The molecule has 1 fully saturated rings. The largest absolute Gasteiger partial charge is 0.505 e. The first kappa shape index (κ1) is 29.7. The molecular weight excluding hydrogens is 548 g/mol. The summed E-state index contributed by atoms with van der Waals surface area (Å²) in [5.41, 5.74) is -0.950. The van der Waals surface area contributed by atoms with E-state index in [2.05, 4.69) is 10.4 Å². The molecule has 1 aliphatic rings. The van der Waals surface area contributed by atoms with Gasteiger partial charge in [-0.2, -0.15) is 4.68 Å². The lowest BCUT2D eigenvalue weighted by molar-refractivity contribution is -0.210. The minimum absolute atomic E-state index is 0.0283. The van der Waals surface area contributed by atoms with Gasteiger partial charge in [0.15, 0.2) is 5.82 Å². The number of benzene rings is 2. The number of hydrogen-bond donors (Lipinski definition) is 1. The van der Waals surface area contributed by atoms with E-state index in [-0.39, 0.29) is 28.4 Å². The Morgan fingerprint density at radius 1 is 0.976 bits per heavy atom. The Morgan fingerprint density at radius 2 is 1.61 bits per heavy atom. The Kier molecular flexibility index (Phi) is 7.92. The van der Waals surface area contributed by atoms with Crippen LogP contribution >= 0.6 is 0 Å². The number of rotatable bonds is 7. The fourth-order valence-electron chi connectivity index (χ4n) is 4.54. The molecule has 0 saturated carbocycles. The zero-order valence-corrected chi connectivity index (χ0v) is 23.3. The van der Waals surface area contributed by atoms with Crippen molar-refractivity contribution in [2.45, 2.75) is 39.6 Å². The molecule has 1 N–H and O–H groups in total. The molecule has 1 aromatic heterocycles. The molecule has 0 radical (unpaired) electrons. The minimum atomic E-state index is -4.98. The van der Waals surface area contributed by atoms with Gasteiger partial charge in [0.25, 0.3) is 0 Å². The molecule has 4 rings (SSSR count). The molecule has 1 aliphatic heterocycles. The highest BCUT2D eigenvalue weighted by molar-refractivity contribution is 6.05. The summed E-state index contributed by atoms with van der Waals surface area (Å²) in [7, 11) is 2.92. The fourth-order valence-corrected chi connectivity index (χ4v) is 4.54. The zero-order valence-electron chi connectivity index (χ0n) is 23.3. The van der Waals surface area contributed by atoms with Gasteiger partial charge in [-0.25, -0.2) is 4.39 Å². The van der Waals surface area contributed by atoms with Gasteiger partial charge in [-0.1, -0.05) is 6.92 Å². The van der Waals surface area contributed by atoms with Crippen LogP contribution in [0.4, 0.5) is 29.1 Å². The number of carbonyl (C=O) groups is 2. The monoisotopic (exact) mass is 578 g/mol. The van der Waals surface area contributed by atoms with Crippen LogP contribution in [0.3, 0.4) is 0 Å². The standard InChI is InChI=1S/C28H30F4N4O5/c1-15-22(14-35(26(15)38)18-10-19(39-5)12-20(11-18)40-6)25(37)33-24-13-23(36(34-24)28(30,31)32)16-7-17(29)9-21(8-16)41-27(2,3)4/h7-13,15,22H,14H2,1-6H3,(H,33,34,37)/t15-,22+/m1/s1. The van der Waals surface area contributed by atoms with Crippen LogP contribution in [0, 0.1) is 17.7 Å². The molecule has 0 aliphatic carbocycles. The summed E-state index contributed by atoms with van der Waals surface area (Å²) < 4.78 is 72.0. The molecule has 0 bridgehead atoms. The molecule has 2 amide bonds. The van der Waals surface area contributed by atoms with Crippen molar-refractivity contribution in [1.29, 1.82) is 0 Å². The minimum Gasteiger partial charge on any atom is -0.497 e. The summed E-state index contributed by atoms with van der Waals surface area (Å²) >= 11 is 0. The number of nitrogens with one attached hydrogen (secondary N) is 1. The molecule has 41 heavy (non-hydrogen) atoms. The molecule has 0 unspecified atom stereocenters. The van der Waals surface area contributed by atoms with Crippen LogP contribution in [-0.4, -0.2) is 48.0 Å². The fraction of sp³-hybridized carbons (Fsp3) is 0.393. The van der Waals surface area contributed by atoms with Crippen molar-refractivity contribution in [2.75, 3.05) is 31.0 Å². The van der Waals surface area contributed by atoms with E-state index >= 15 is 0 Å². The van der Waals surface area contributed by atoms with Gasteiger partial charge in [-0.05, 0) is 32.9 Å². The number of anilines is 2. The maximum absolute atomic E-state index is 14.4. The van der Waals surface area contributed by atoms with Crippen molar-refractivity contribution in [2.24, 2.45) is 11.8 Å². The Hall–Kier alpha value is -4.29. The molecule has 2 aromatic carbocycles. The van der Waals surface area contributed by atoms with E-state index in [1.54, 1.807) is 45.9 Å². The first-order valence-corrected chi connectivity index (χ1v) is 12.6. The predicted molar refractivity (Wildman–Crippen MR) is 142 cm³/mol. The van der Waals surface area contributed by atoms with Gasteiger partial charge < -0.3 is 24.4 Å². The summed E-state index contributed by atoms with van der Waals surface area (Å²) in [5.74, 6) is -3.05. The van der Waals surface area contributed by atoms with Crippen LogP contribution in [0.15, 0.2) is 42.5 Å². The van der Waals surface area contributed by atoms with E-state index < -0.39 is 47.0 Å². The quantitative estimate of drug-likeness (QED) is 0.367. The van der Waals surface area contributed by atoms with Gasteiger partial charge in [-0.15, -0.1) is 18.3 Å². The van der Waals surface area contributed by atoms with Crippen LogP contribution in [0.25, 0.3) is 11.3 Å². The van der Waals surface area contributed by atoms with E-state index in [4.69, 9.17) is 14.2 Å². The smallest absolute Gasteiger partial charge is 0.497 e. The van der Waals surface area contributed by atoms with E-state index in [1.807, 2.05) is 0 Å². The van der Waals surface area contributed by atoms with E-state index in [9.17, 15) is 27.2 Å². The molecule has 9 nitrogen and oxygen atoms in total. The highest BCUT2D eigenvalue weighted by Crippen LogP contribution is 2.37. The third-order valence-corrected chi connectivity index (χ3v) is 6.41. The molecule has 13 heteroatoms. The average molecular weight is 579 g/mol. The van der Waals surface area contributed by atoms with Gasteiger partial charge in [0.1, 0.15) is 28.7 Å². The summed E-state index contributed by atoms with van der Waals surface area (Å²) in [4.78, 5) is 27.7. The number of carbonyl (C=O) groups excluding carboxylic acids is 2. The van der Waals surface area contributed by atoms with Crippen LogP contribution in [0.5, 0.6) is 17.2 Å². The second kappa shape index (κ2) is 10.9. The molecule has 2 atom stereocenters. The predicted octanol–water partition coefficient (Wildman–Crippen LogP) is 5.60. The number of nitrogens with zero attached hydrogens (tertiary/aromatic N) is 3. The van der Waals surface area contributed by atoms with Gasteiger partial charge in [0.2, 0.25) is 11.8 Å². The summed E-state index contributed by atoms with van der Waals surface area (Å²) in [6.45, 7) is 6.67. The summed E-state index contributed by atoms with van der Waals surface area (Å²) in [5, 5.41) is 5.93. The zero-order chi connectivity index (χ0) is 30.3. The van der Waals surface area contributed by atoms with Crippen molar-refractivity contribution in [3.05, 3.63) is 48.3 Å². The number of amides is 2. The highest BCUT2D eigenvalue weighted by atomic mass is 19.4. The Labute approximate surface area is 234 Å². The van der Waals surface area contributed by atoms with Crippen molar-refractivity contribution in [3.8, 4) is 28.5 Å².